The third-order valence-corrected chi connectivity index (χ3v) is 4.89. The quantitative estimate of drug-likeness (QED) is 0.595. The van der Waals surface area contributed by atoms with E-state index in [1.54, 1.807) is 0 Å². The smallest absolute Gasteiger partial charge is 0.0655 e. The second-order valence-corrected chi connectivity index (χ2v) is 5.68. The minimum absolute atomic E-state index is 0.371. The molecule has 0 amide bonds. The molecule has 3 aliphatic carbocycles. The minimum Gasteiger partial charge on any atom is -0.198 e. The standard InChI is InChI=1S/C14H19N/c15-9-10-1-4-12(5-2-10)14-8-11-3-6-13(14)7-11/h3,6,10-14H,1-2,4-5,7-8H2. The Morgan fingerprint density at radius 2 is 1.80 bits per heavy atom. The van der Waals surface area contributed by atoms with Gasteiger partial charge >= 0.3 is 0 Å². The molecule has 0 aromatic rings. The topological polar surface area (TPSA) is 23.8 Å². The van der Waals surface area contributed by atoms with Crippen molar-refractivity contribution in [3.8, 4) is 6.07 Å². The number of nitrogens with zero attached hydrogens (tertiary/aromatic N) is 1. The normalized spacial score (nSPS) is 48.1. The fourth-order valence-electron chi connectivity index (χ4n) is 4.04. The van der Waals surface area contributed by atoms with Crippen molar-refractivity contribution in [2.45, 2.75) is 38.5 Å². The van der Waals surface area contributed by atoms with Crippen molar-refractivity contribution < 1.29 is 0 Å². The highest BCUT2D eigenvalue weighted by atomic mass is 14.5. The van der Waals surface area contributed by atoms with Gasteiger partial charge in [-0.2, -0.15) is 5.26 Å². The lowest BCUT2D eigenvalue weighted by molar-refractivity contribution is 0.200. The van der Waals surface area contributed by atoms with Crippen LogP contribution in [0.25, 0.3) is 0 Å². The summed E-state index contributed by atoms with van der Waals surface area (Å²) in [6.45, 7) is 0. The van der Waals surface area contributed by atoms with E-state index in [9.17, 15) is 0 Å². The average molecular weight is 201 g/mol. The molecule has 0 N–H and O–H groups in total. The second-order valence-electron chi connectivity index (χ2n) is 5.68. The molecule has 1 heteroatoms. The van der Waals surface area contributed by atoms with E-state index in [2.05, 4.69) is 18.2 Å². The second kappa shape index (κ2) is 3.67. The summed E-state index contributed by atoms with van der Waals surface area (Å²) in [4.78, 5) is 0. The van der Waals surface area contributed by atoms with Crippen molar-refractivity contribution in [1.29, 1.82) is 5.26 Å². The van der Waals surface area contributed by atoms with Crippen LogP contribution in [0.1, 0.15) is 38.5 Å². The average Bonchev–Trinajstić information content (AvgIpc) is 2.91. The van der Waals surface area contributed by atoms with Crippen LogP contribution in [0.3, 0.4) is 0 Å². The molecular formula is C14H19N. The molecule has 3 rings (SSSR count). The number of fused-ring (bicyclic) bond motifs is 2. The summed E-state index contributed by atoms with van der Waals surface area (Å²) < 4.78 is 0. The predicted octanol–water partition coefficient (Wildman–Crippen LogP) is 3.53. The Morgan fingerprint density at radius 1 is 1.00 bits per heavy atom. The Bertz CT molecular complexity index is 304. The Balaban J connectivity index is 1.61. The molecule has 3 atom stereocenters. The van der Waals surface area contributed by atoms with Gasteiger partial charge in [-0.25, -0.2) is 0 Å². The zero-order valence-electron chi connectivity index (χ0n) is 9.23. The first kappa shape index (κ1) is 9.46. The molecule has 3 aliphatic rings. The third-order valence-electron chi connectivity index (χ3n) is 4.89. The maximum Gasteiger partial charge on any atom is 0.0655 e. The lowest BCUT2D eigenvalue weighted by Gasteiger charge is -2.33. The zero-order valence-corrected chi connectivity index (χ0v) is 9.23. The van der Waals surface area contributed by atoms with Crippen LogP contribution in [0.4, 0.5) is 0 Å². The largest absolute Gasteiger partial charge is 0.198 e. The maximum atomic E-state index is 8.89. The Morgan fingerprint density at radius 3 is 2.33 bits per heavy atom. The van der Waals surface area contributed by atoms with Crippen LogP contribution in [0.15, 0.2) is 12.2 Å². The Labute approximate surface area is 92.2 Å². The van der Waals surface area contributed by atoms with Gasteiger partial charge in [0.1, 0.15) is 0 Å². The first-order valence-electron chi connectivity index (χ1n) is 6.44. The summed E-state index contributed by atoms with van der Waals surface area (Å²) in [6.07, 6.45) is 12.8. The molecule has 1 nitrogen and oxygen atoms in total. The first-order chi connectivity index (χ1) is 7.36. The highest BCUT2D eigenvalue weighted by Gasteiger charge is 2.40. The van der Waals surface area contributed by atoms with Crippen LogP contribution < -0.4 is 0 Å². The van der Waals surface area contributed by atoms with Crippen LogP contribution in [0, 0.1) is 40.9 Å². The molecule has 0 aromatic heterocycles. The monoisotopic (exact) mass is 201 g/mol. The lowest BCUT2D eigenvalue weighted by atomic mass is 9.72. The van der Waals surface area contributed by atoms with Crippen molar-refractivity contribution in [2.24, 2.45) is 29.6 Å². The highest BCUT2D eigenvalue weighted by Crippen LogP contribution is 2.50. The predicted molar refractivity (Wildman–Crippen MR) is 59.9 cm³/mol. The molecule has 2 fully saturated rings. The van der Waals surface area contributed by atoms with Gasteiger partial charge in [0.25, 0.3) is 0 Å². The number of nitriles is 1. The van der Waals surface area contributed by atoms with Gasteiger partial charge in [0.15, 0.2) is 0 Å². The molecule has 0 saturated heterocycles. The van der Waals surface area contributed by atoms with Gasteiger partial charge in [-0.15, -0.1) is 0 Å². The van der Waals surface area contributed by atoms with Crippen molar-refractivity contribution >= 4 is 0 Å². The van der Waals surface area contributed by atoms with E-state index < -0.39 is 0 Å². The maximum absolute atomic E-state index is 8.89. The molecule has 0 heterocycles. The van der Waals surface area contributed by atoms with Crippen molar-refractivity contribution in [2.75, 3.05) is 0 Å². The third kappa shape index (κ3) is 1.61. The van der Waals surface area contributed by atoms with E-state index in [-0.39, 0.29) is 0 Å². The minimum atomic E-state index is 0.371. The van der Waals surface area contributed by atoms with Crippen LogP contribution in [0.2, 0.25) is 0 Å². The van der Waals surface area contributed by atoms with Gasteiger partial charge in [-0.1, -0.05) is 12.2 Å². The first-order valence-corrected chi connectivity index (χ1v) is 6.44. The fourth-order valence-corrected chi connectivity index (χ4v) is 4.04. The van der Waals surface area contributed by atoms with E-state index in [4.69, 9.17) is 5.26 Å². The number of hydrogen-bond donors (Lipinski definition) is 0. The van der Waals surface area contributed by atoms with E-state index in [1.165, 1.54) is 38.5 Å². The van der Waals surface area contributed by atoms with Gasteiger partial charge in [0.05, 0.1) is 6.07 Å². The van der Waals surface area contributed by atoms with Gasteiger partial charge in [0, 0.05) is 5.92 Å². The van der Waals surface area contributed by atoms with E-state index in [0.717, 1.165) is 23.7 Å². The molecule has 2 bridgehead atoms. The molecule has 80 valence electrons. The van der Waals surface area contributed by atoms with Crippen LogP contribution in [-0.4, -0.2) is 0 Å². The van der Waals surface area contributed by atoms with Gasteiger partial charge in [0.2, 0.25) is 0 Å². The molecule has 0 aromatic carbocycles. The number of rotatable bonds is 1. The van der Waals surface area contributed by atoms with Crippen molar-refractivity contribution in [3.05, 3.63) is 12.2 Å². The molecule has 2 saturated carbocycles. The highest BCUT2D eigenvalue weighted by molar-refractivity contribution is 5.11. The van der Waals surface area contributed by atoms with Gasteiger partial charge in [-0.05, 0) is 62.2 Å². The summed E-state index contributed by atoms with van der Waals surface area (Å²) in [5.74, 6) is 4.09. The Kier molecular flexibility index (Phi) is 2.31. The van der Waals surface area contributed by atoms with E-state index in [1.807, 2.05) is 0 Å². The summed E-state index contributed by atoms with van der Waals surface area (Å²) in [6, 6.07) is 2.44. The zero-order chi connectivity index (χ0) is 10.3. The van der Waals surface area contributed by atoms with Gasteiger partial charge in [-0.3, -0.25) is 0 Å². The Hall–Kier alpha value is -0.770. The van der Waals surface area contributed by atoms with E-state index in [0.29, 0.717) is 5.92 Å². The molecule has 0 radical (unpaired) electrons. The summed E-state index contributed by atoms with van der Waals surface area (Å²) in [7, 11) is 0. The molecular weight excluding hydrogens is 182 g/mol. The fraction of sp³-hybridized carbons (Fsp3) is 0.786. The molecule has 3 unspecified atom stereocenters. The van der Waals surface area contributed by atoms with Crippen LogP contribution in [-0.2, 0) is 0 Å². The summed E-state index contributed by atoms with van der Waals surface area (Å²) >= 11 is 0. The van der Waals surface area contributed by atoms with Gasteiger partial charge < -0.3 is 0 Å². The SMILES string of the molecule is N#CC1CCC(C2CC3C=CC2C3)CC1. The lowest BCUT2D eigenvalue weighted by Crippen LogP contribution is -2.24. The number of hydrogen-bond acceptors (Lipinski definition) is 1. The van der Waals surface area contributed by atoms with Crippen LogP contribution in [0.5, 0.6) is 0 Å². The molecule has 15 heavy (non-hydrogen) atoms. The van der Waals surface area contributed by atoms with Crippen LogP contribution >= 0.6 is 0 Å². The molecule has 0 aliphatic heterocycles. The van der Waals surface area contributed by atoms with E-state index >= 15 is 0 Å². The van der Waals surface area contributed by atoms with Crippen molar-refractivity contribution in [1.82, 2.24) is 0 Å². The number of allylic oxidation sites excluding steroid dienone is 2. The van der Waals surface area contributed by atoms with Crippen molar-refractivity contribution in [3.63, 3.8) is 0 Å². The summed E-state index contributed by atoms with van der Waals surface area (Å²) in [5, 5.41) is 8.89. The summed E-state index contributed by atoms with van der Waals surface area (Å²) in [5.41, 5.74) is 0. The molecule has 0 spiro atoms.